The molecule has 4 nitrogen and oxygen atoms in total. The monoisotopic (exact) mass is 370 g/mol. The van der Waals surface area contributed by atoms with Crippen LogP contribution in [0.25, 0.3) is 6.08 Å². The number of nitrogens with zero attached hydrogens (tertiary/aromatic N) is 2. The summed E-state index contributed by atoms with van der Waals surface area (Å²) in [7, 11) is 1.64. The van der Waals surface area contributed by atoms with Gasteiger partial charge in [-0.25, -0.2) is 0 Å². The maximum atomic E-state index is 12.5. The number of hydrogen-bond donors (Lipinski definition) is 0. The third kappa shape index (κ3) is 4.20. The van der Waals surface area contributed by atoms with Crippen molar-refractivity contribution in [3.8, 4) is 5.75 Å². The molecular formula is C21H23ClN2O2. The summed E-state index contributed by atoms with van der Waals surface area (Å²) in [6.45, 7) is 4.93. The number of anilines is 1. The van der Waals surface area contributed by atoms with Crippen LogP contribution in [-0.2, 0) is 4.79 Å². The number of rotatable bonds is 4. The molecule has 0 atom stereocenters. The molecular weight excluding hydrogens is 348 g/mol. The standard InChI is InChI=1S/C21H23ClN2O2/c1-16-7-9-20(26-2)17(15-16)8-10-21(25)24-13-11-23(12-14-24)19-6-4-3-5-18(19)22/h3-10,15H,11-14H2,1-2H3/b10-8+. The number of methoxy groups -OCH3 is 1. The van der Waals surface area contributed by atoms with Crippen molar-refractivity contribution in [2.24, 2.45) is 0 Å². The van der Waals surface area contributed by atoms with Crippen LogP contribution in [0.15, 0.2) is 48.5 Å². The van der Waals surface area contributed by atoms with Crippen molar-refractivity contribution < 1.29 is 9.53 Å². The molecule has 26 heavy (non-hydrogen) atoms. The Labute approximate surface area is 159 Å². The van der Waals surface area contributed by atoms with E-state index in [1.54, 1.807) is 13.2 Å². The van der Waals surface area contributed by atoms with Crippen molar-refractivity contribution in [1.29, 1.82) is 0 Å². The van der Waals surface area contributed by atoms with Crippen LogP contribution in [0, 0.1) is 6.92 Å². The fourth-order valence-electron chi connectivity index (χ4n) is 3.13. The van der Waals surface area contributed by atoms with Gasteiger partial charge in [0.05, 0.1) is 17.8 Å². The lowest BCUT2D eigenvalue weighted by atomic mass is 10.1. The summed E-state index contributed by atoms with van der Waals surface area (Å²) < 4.78 is 5.36. The molecule has 1 fully saturated rings. The molecule has 1 amide bonds. The van der Waals surface area contributed by atoms with Crippen LogP contribution >= 0.6 is 11.6 Å². The quantitative estimate of drug-likeness (QED) is 0.762. The molecule has 1 heterocycles. The predicted octanol–water partition coefficient (Wildman–Crippen LogP) is 4.02. The molecule has 0 unspecified atom stereocenters. The van der Waals surface area contributed by atoms with E-state index in [4.69, 9.17) is 16.3 Å². The van der Waals surface area contributed by atoms with E-state index < -0.39 is 0 Å². The third-order valence-corrected chi connectivity index (χ3v) is 4.89. The first-order chi connectivity index (χ1) is 12.6. The number of para-hydroxylation sites is 1. The Morgan fingerprint density at radius 1 is 1.12 bits per heavy atom. The normalized spacial score (nSPS) is 14.7. The van der Waals surface area contributed by atoms with Crippen molar-refractivity contribution in [2.75, 3.05) is 38.2 Å². The second kappa shape index (κ2) is 8.28. The first kappa shape index (κ1) is 18.3. The smallest absolute Gasteiger partial charge is 0.246 e. The molecule has 1 aliphatic rings. The Hall–Kier alpha value is -2.46. The highest BCUT2D eigenvalue weighted by Crippen LogP contribution is 2.26. The van der Waals surface area contributed by atoms with E-state index in [2.05, 4.69) is 4.90 Å². The number of aryl methyl sites for hydroxylation is 1. The largest absolute Gasteiger partial charge is 0.496 e. The Bertz CT molecular complexity index is 811. The summed E-state index contributed by atoms with van der Waals surface area (Å²) in [5.74, 6) is 0.788. The highest BCUT2D eigenvalue weighted by atomic mass is 35.5. The average Bonchev–Trinajstić information content (AvgIpc) is 2.67. The van der Waals surface area contributed by atoms with Crippen molar-refractivity contribution in [3.63, 3.8) is 0 Å². The number of hydrogen-bond acceptors (Lipinski definition) is 3. The highest BCUT2D eigenvalue weighted by Gasteiger charge is 2.21. The molecule has 0 N–H and O–H groups in total. The second-order valence-corrected chi connectivity index (χ2v) is 6.75. The lowest BCUT2D eigenvalue weighted by molar-refractivity contribution is -0.126. The van der Waals surface area contributed by atoms with Crippen molar-refractivity contribution >= 4 is 29.3 Å². The van der Waals surface area contributed by atoms with E-state index in [1.807, 2.05) is 60.4 Å². The third-order valence-electron chi connectivity index (χ3n) is 4.58. The maximum absolute atomic E-state index is 12.5. The van der Waals surface area contributed by atoms with Crippen LogP contribution in [0.4, 0.5) is 5.69 Å². The maximum Gasteiger partial charge on any atom is 0.246 e. The molecule has 0 radical (unpaired) electrons. The Kier molecular flexibility index (Phi) is 5.84. The molecule has 0 saturated carbocycles. The van der Waals surface area contributed by atoms with E-state index in [1.165, 1.54) is 0 Å². The van der Waals surface area contributed by atoms with Gasteiger partial charge in [-0.3, -0.25) is 4.79 Å². The molecule has 136 valence electrons. The molecule has 1 aliphatic heterocycles. The topological polar surface area (TPSA) is 32.8 Å². The van der Waals surface area contributed by atoms with E-state index in [-0.39, 0.29) is 5.91 Å². The summed E-state index contributed by atoms with van der Waals surface area (Å²) in [4.78, 5) is 16.6. The van der Waals surface area contributed by atoms with Gasteiger partial charge in [-0.15, -0.1) is 0 Å². The summed E-state index contributed by atoms with van der Waals surface area (Å²) in [5, 5.41) is 0.749. The van der Waals surface area contributed by atoms with Crippen LogP contribution in [0.2, 0.25) is 5.02 Å². The van der Waals surface area contributed by atoms with Crippen molar-refractivity contribution in [1.82, 2.24) is 4.90 Å². The van der Waals surface area contributed by atoms with Crippen molar-refractivity contribution in [3.05, 3.63) is 64.7 Å². The van der Waals surface area contributed by atoms with Crippen LogP contribution in [0.1, 0.15) is 11.1 Å². The van der Waals surface area contributed by atoms with Crippen LogP contribution in [0.5, 0.6) is 5.75 Å². The number of benzene rings is 2. The molecule has 2 aromatic carbocycles. The van der Waals surface area contributed by atoms with Crippen LogP contribution in [0.3, 0.4) is 0 Å². The van der Waals surface area contributed by atoms with Gasteiger partial charge >= 0.3 is 0 Å². The van der Waals surface area contributed by atoms with Crippen LogP contribution < -0.4 is 9.64 Å². The number of amides is 1. The number of halogens is 1. The first-order valence-corrected chi connectivity index (χ1v) is 9.07. The zero-order valence-electron chi connectivity index (χ0n) is 15.1. The number of piperazine rings is 1. The van der Waals surface area contributed by atoms with E-state index in [0.29, 0.717) is 13.1 Å². The molecule has 2 aromatic rings. The van der Waals surface area contributed by atoms with Gasteiger partial charge in [-0.05, 0) is 37.3 Å². The SMILES string of the molecule is COc1ccc(C)cc1/C=C/C(=O)N1CCN(c2ccccc2Cl)CC1. The average molecular weight is 371 g/mol. The first-order valence-electron chi connectivity index (χ1n) is 8.69. The fourth-order valence-corrected chi connectivity index (χ4v) is 3.38. The molecule has 3 rings (SSSR count). The minimum absolute atomic E-state index is 0.0207. The Morgan fingerprint density at radius 3 is 2.54 bits per heavy atom. The highest BCUT2D eigenvalue weighted by molar-refractivity contribution is 6.33. The van der Waals surface area contributed by atoms with Gasteiger partial charge in [-0.2, -0.15) is 0 Å². The number of ether oxygens (including phenoxy) is 1. The van der Waals surface area contributed by atoms with E-state index in [0.717, 1.165) is 40.7 Å². The number of carbonyl (C=O) groups excluding carboxylic acids is 1. The summed E-state index contributed by atoms with van der Waals surface area (Å²) >= 11 is 6.27. The molecule has 1 saturated heterocycles. The van der Waals surface area contributed by atoms with Crippen LogP contribution in [-0.4, -0.2) is 44.1 Å². The van der Waals surface area contributed by atoms with E-state index in [9.17, 15) is 4.79 Å². The van der Waals surface area contributed by atoms with Gasteiger partial charge in [0.25, 0.3) is 0 Å². The minimum Gasteiger partial charge on any atom is -0.496 e. The van der Waals surface area contributed by atoms with Gasteiger partial charge in [0, 0.05) is 37.8 Å². The second-order valence-electron chi connectivity index (χ2n) is 6.34. The fraction of sp³-hybridized carbons (Fsp3) is 0.286. The van der Waals surface area contributed by atoms with Crippen molar-refractivity contribution in [2.45, 2.75) is 6.92 Å². The molecule has 0 aliphatic carbocycles. The van der Waals surface area contributed by atoms with Gasteiger partial charge in [0.1, 0.15) is 5.75 Å². The summed E-state index contributed by atoms with van der Waals surface area (Å²) in [6.07, 6.45) is 3.46. The minimum atomic E-state index is 0.0207. The Morgan fingerprint density at radius 2 is 1.85 bits per heavy atom. The molecule has 0 aromatic heterocycles. The van der Waals surface area contributed by atoms with Gasteiger partial charge in [0.2, 0.25) is 5.91 Å². The molecule has 0 spiro atoms. The number of carbonyl (C=O) groups is 1. The summed E-state index contributed by atoms with van der Waals surface area (Å²) in [6, 6.07) is 13.7. The molecule has 0 bridgehead atoms. The summed E-state index contributed by atoms with van der Waals surface area (Å²) in [5.41, 5.74) is 3.07. The molecule has 5 heteroatoms. The zero-order valence-corrected chi connectivity index (χ0v) is 15.9. The zero-order chi connectivity index (χ0) is 18.5. The van der Waals surface area contributed by atoms with Gasteiger partial charge < -0.3 is 14.5 Å². The lowest BCUT2D eigenvalue weighted by Crippen LogP contribution is -2.48. The van der Waals surface area contributed by atoms with E-state index >= 15 is 0 Å². The van der Waals surface area contributed by atoms with Gasteiger partial charge in [0.15, 0.2) is 0 Å². The Balaban J connectivity index is 1.62. The van der Waals surface area contributed by atoms with Gasteiger partial charge in [-0.1, -0.05) is 35.4 Å². The predicted molar refractivity (Wildman–Crippen MR) is 107 cm³/mol. The lowest BCUT2D eigenvalue weighted by Gasteiger charge is -2.36.